The van der Waals surface area contributed by atoms with Crippen LogP contribution in [0.5, 0.6) is 5.75 Å². The highest BCUT2D eigenvalue weighted by Gasteiger charge is 2.25. The number of nitrogens with zero attached hydrogens (tertiary/aromatic N) is 4. The third-order valence-electron chi connectivity index (χ3n) is 5.30. The van der Waals surface area contributed by atoms with Gasteiger partial charge >= 0.3 is 0 Å². The average molecular weight is 413 g/mol. The second kappa shape index (κ2) is 8.03. The number of allylic oxidation sites excluding steroid dienone is 1. The largest absolute Gasteiger partial charge is 0.497 e. The summed E-state index contributed by atoms with van der Waals surface area (Å²) < 4.78 is 9.96. The van der Waals surface area contributed by atoms with E-state index >= 15 is 0 Å². The van der Waals surface area contributed by atoms with E-state index in [-0.39, 0.29) is 0 Å². The van der Waals surface area contributed by atoms with Crippen molar-refractivity contribution in [3.8, 4) is 17.1 Å². The zero-order valence-corrected chi connectivity index (χ0v) is 17.8. The summed E-state index contributed by atoms with van der Waals surface area (Å²) in [7, 11) is 1.67. The summed E-state index contributed by atoms with van der Waals surface area (Å²) in [5, 5.41) is 7.07. The predicted molar refractivity (Wildman–Crippen MR) is 116 cm³/mol. The van der Waals surface area contributed by atoms with Crippen LogP contribution in [0.4, 0.5) is 0 Å². The molecule has 0 radical (unpaired) electrons. The van der Waals surface area contributed by atoms with E-state index in [0.717, 1.165) is 30.1 Å². The zero-order chi connectivity index (χ0) is 19.7. The maximum absolute atomic E-state index is 5.76. The van der Waals surface area contributed by atoms with Crippen LogP contribution in [0.25, 0.3) is 11.4 Å². The summed E-state index contributed by atoms with van der Waals surface area (Å²) in [6, 6.07) is 10.5. The number of rotatable bonds is 6. The highest BCUT2D eigenvalue weighted by Crippen LogP contribution is 2.33. The van der Waals surface area contributed by atoms with Gasteiger partial charge < -0.3 is 4.74 Å². The number of thiophene rings is 1. The lowest BCUT2D eigenvalue weighted by Gasteiger charge is -2.33. The Balaban J connectivity index is 1.66. The van der Waals surface area contributed by atoms with Crippen LogP contribution in [-0.4, -0.2) is 32.9 Å². The number of hydrogen-bond acceptors (Lipinski definition) is 5. The van der Waals surface area contributed by atoms with Gasteiger partial charge in [0.15, 0.2) is 10.6 Å². The number of benzene rings is 1. The van der Waals surface area contributed by atoms with Gasteiger partial charge in [0.1, 0.15) is 5.75 Å². The van der Waals surface area contributed by atoms with E-state index in [2.05, 4.69) is 29.8 Å². The van der Waals surface area contributed by atoms with Crippen molar-refractivity contribution in [2.45, 2.75) is 32.6 Å². The third kappa shape index (κ3) is 3.45. The minimum Gasteiger partial charge on any atom is -0.497 e. The van der Waals surface area contributed by atoms with Gasteiger partial charge in [0, 0.05) is 29.6 Å². The molecular formula is C21H24N4OS2. The van der Waals surface area contributed by atoms with Crippen molar-refractivity contribution in [2.75, 3.05) is 13.7 Å². The Bertz CT molecular complexity index is 1030. The van der Waals surface area contributed by atoms with Gasteiger partial charge in [0.05, 0.1) is 13.8 Å². The maximum Gasteiger partial charge on any atom is 0.199 e. The van der Waals surface area contributed by atoms with Crippen LogP contribution in [0.2, 0.25) is 0 Å². The summed E-state index contributed by atoms with van der Waals surface area (Å²) in [4.78, 5) is 3.94. The first-order valence-corrected chi connectivity index (χ1v) is 10.6. The quantitative estimate of drug-likeness (QED) is 0.425. The number of aromatic nitrogens is 3. The fourth-order valence-corrected chi connectivity index (χ4v) is 4.93. The van der Waals surface area contributed by atoms with Crippen LogP contribution in [0.3, 0.4) is 0 Å². The van der Waals surface area contributed by atoms with Gasteiger partial charge in [-0.2, -0.15) is 5.10 Å². The summed E-state index contributed by atoms with van der Waals surface area (Å²) in [6.07, 6.45) is 2.94. The van der Waals surface area contributed by atoms with Gasteiger partial charge in [0.2, 0.25) is 0 Å². The van der Waals surface area contributed by atoms with Crippen LogP contribution in [0.15, 0.2) is 48.4 Å². The Kier molecular flexibility index (Phi) is 5.48. The van der Waals surface area contributed by atoms with Crippen molar-refractivity contribution in [1.82, 2.24) is 19.2 Å². The van der Waals surface area contributed by atoms with Crippen molar-refractivity contribution in [1.29, 1.82) is 0 Å². The van der Waals surface area contributed by atoms with Crippen LogP contribution >= 0.6 is 23.6 Å². The van der Waals surface area contributed by atoms with Gasteiger partial charge in [-0.15, -0.1) is 17.9 Å². The fourth-order valence-electron chi connectivity index (χ4n) is 3.71. The van der Waals surface area contributed by atoms with Crippen molar-refractivity contribution >= 4 is 23.6 Å². The third-order valence-corrected chi connectivity index (χ3v) is 6.73. The lowest BCUT2D eigenvalue weighted by molar-refractivity contribution is 0.144. The molecule has 146 valence electrons. The standard InChI is InChI=1S/C21H24N4OS2/c1-4-11-24-20(16-5-7-17(26-3)8-6-16)22-25(21(24)27)14-23-12-9-19-18(15(23)2)10-13-28-19/h4-8,10,13,15H,1,9,11-12,14H2,2-3H3/t15-/m0/s1. The maximum atomic E-state index is 5.76. The molecule has 1 aromatic carbocycles. The van der Waals surface area contributed by atoms with Crippen molar-refractivity contribution in [2.24, 2.45) is 0 Å². The van der Waals surface area contributed by atoms with Crippen LogP contribution in [0.1, 0.15) is 23.4 Å². The molecule has 0 fully saturated rings. The molecule has 4 rings (SSSR count). The molecule has 1 aliphatic rings. The smallest absolute Gasteiger partial charge is 0.199 e. The van der Waals surface area contributed by atoms with Gasteiger partial charge in [0.25, 0.3) is 0 Å². The highest BCUT2D eigenvalue weighted by atomic mass is 32.1. The number of fused-ring (bicyclic) bond motifs is 1. The zero-order valence-electron chi connectivity index (χ0n) is 16.2. The molecule has 5 nitrogen and oxygen atoms in total. The van der Waals surface area contributed by atoms with E-state index in [9.17, 15) is 0 Å². The minimum absolute atomic E-state index is 0.367. The SMILES string of the molecule is C=CCn1c(-c2ccc(OC)cc2)nn(CN2CCc3sccc3[C@@H]2C)c1=S. The Morgan fingerprint density at radius 3 is 2.82 bits per heavy atom. The molecule has 0 aliphatic carbocycles. The Morgan fingerprint density at radius 2 is 2.11 bits per heavy atom. The molecule has 7 heteroatoms. The number of methoxy groups -OCH3 is 1. The summed E-state index contributed by atoms with van der Waals surface area (Å²) >= 11 is 7.62. The average Bonchev–Trinajstić information content (AvgIpc) is 3.31. The van der Waals surface area contributed by atoms with E-state index in [1.165, 1.54) is 10.4 Å². The molecule has 3 aromatic rings. The number of hydrogen-bond donors (Lipinski definition) is 0. The van der Waals surface area contributed by atoms with E-state index in [1.807, 2.05) is 50.9 Å². The van der Waals surface area contributed by atoms with E-state index in [1.54, 1.807) is 7.11 Å². The first kappa shape index (κ1) is 19.1. The molecule has 0 spiro atoms. The lowest BCUT2D eigenvalue weighted by atomic mass is 10.0. The van der Waals surface area contributed by atoms with Crippen LogP contribution < -0.4 is 4.74 Å². The molecule has 0 amide bonds. The van der Waals surface area contributed by atoms with Crippen molar-refractivity contribution in [3.63, 3.8) is 0 Å². The Morgan fingerprint density at radius 1 is 1.32 bits per heavy atom. The van der Waals surface area contributed by atoms with Crippen molar-refractivity contribution in [3.05, 3.63) is 63.6 Å². The highest BCUT2D eigenvalue weighted by molar-refractivity contribution is 7.71. The second-order valence-electron chi connectivity index (χ2n) is 6.91. The first-order chi connectivity index (χ1) is 13.6. The van der Waals surface area contributed by atoms with Crippen molar-refractivity contribution < 1.29 is 4.74 Å². The number of ether oxygens (including phenoxy) is 1. The lowest BCUT2D eigenvalue weighted by Crippen LogP contribution is -2.35. The molecule has 1 atom stereocenters. The van der Waals surface area contributed by atoms with E-state index in [4.69, 9.17) is 22.1 Å². The molecule has 0 unspecified atom stereocenters. The normalized spacial score (nSPS) is 16.7. The molecule has 2 aromatic heterocycles. The molecular weight excluding hydrogens is 388 g/mol. The predicted octanol–water partition coefficient (Wildman–Crippen LogP) is 4.91. The summed E-state index contributed by atoms with van der Waals surface area (Å²) in [5.41, 5.74) is 2.45. The minimum atomic E-state index is 0.367. The Hall–Kier alpha value is -2.22. The molecule has 0 bridgehead atoms. The summed E-state index contributed by atoms with van der Waals surface area (Å²) in [6.45, 7) is 8.47. The first-order valence-electron chi connectivity index (χ1n) is 9.35. The molecule has 0 N–H and O–H groups in total. The molecule has 0 saturated heterocycles. The topological polar surface area (TPSA) is 35.2 Å². The van der Waals surface area contributed by atoms with Gasteiger partial charge in [-0.05, 0) is 66.8 Å². The van der Waals surface area contributed by atoms with Gasteiger partial charge in [-0.1, -0.05) is 6.08 Å². The second-order valence-corrected chi connectivity index (χ2v) is 8.28. The molecule has 0 saturated carbocycles. The van der Waals surface area contributed by atoms with E-state index in [0.29, 0.717) is 24.0 Å². The fraction of sp³-hybridized carbons (Fsp3) is 0.333. The molecule has 3 heterocycles. The van der Waals surface area contributed by atoms with Gasteiger partial charge in [-0.25, -0.2) is 4.68 Å². The Labute approximate surface area is 174 Å². The molecule has 28 heavy (non-hydrogen) atoms. The van der Waals surface area contributed by atoms with Crippen LogP contribution in [-0.2, 0) is 19.6 Å². The van der Waals surface area contributed by atoms with Gasteiger partial charge in [-0.3, -0.25) is 9.47 Å². The van der Waals surface area contributed by atoms with Crippen LogP contribution in [0, 0.1) is 4.77 Å². The monoisotopic (exact) mass is 412 g/mol. The summed E-state index contributed by atoms with van der Waals surface area (Å²) in [5.74, 6) is 1.68. The molecule has 1 aliphatic heterocycles. The van der Waals surface area contributed by atoms with E-state index < -0.39 is 0 Å².